The fraction of sp³-hybridized carbons (Fsp3) is 0.333. The van der Waals surface area contributed by atoms with Gasteiger partial charge in [-0.25, -0.2) is 8.42 Å². The van der Waals surface area contributed by atoms with Crippen LogP contribution >= 0.6 is 11.6 Å². The summed E-state index contributed by atoms with van der Waals surface area (Å²) in [6.07, 6.45) is -0.222. The summed E-state index contributed by atoms with van der Waals surface area (Å²) in [6.45, 7) is 3.04. The van der Waals surface area contributed by atoms with E-state index in [1.165, 1.54) is 11.4 Å². The first-order valence-electron chi connectivity index (χ1n) is 11.8. The minimum Gasteiger partial charge on any atom is -0.497 e. The average molecular weight is 531 g/mol. The molecule has 1 aliphatic heterocycles. The van der Waals surface area contributed by atoms with Crippen LogP contribution in [0.3, 0.4) is 0 Å². The molecule has 0 aliphatic carbocycles. The molecule has 0 radical (unpaired) electrons. The van der Waals surface area contributed by atoms with Crippen LogP contribution < -0.4 is 9.47 Å². The van der Waals surface area contributed by atoms with Gasteiger partial charge in [-0.1, -0.05) is 41.9 Å². The molecule has 192 valence electrons. The van der Waals surface area contributed by atoms with Gasteiger partial charge in [0.1, 0.15) is 11.5 Å². The number of ether oxygens (including phenoxy) is 3. The lowest BCUT2D eigenvalue weighted by atomic mass is 10.1. The Bertz CT molecular complexity index is 1260. The molecule has 0 bridgehead atoms. The molecule has 0 amide bonds. The van der Waals surface area contributed by atoms with Crippen LogP contribution in [0.1, 0.15) is 17.2 Å². The fourth-order valence-electron chi connectivity index (χ4n) is 4.22. The van der Waals surface area contributed by atoms with E-state index in [2.05, 4.69) is 4.90 Å². The van der Waals surface area contributed by atoms with E-state index < -0.39 is 10.0 Å². The maximum absolute atomic E-state index is 13.2. The molecule has 3 aromatic carbocycles. The third kappa shape index (κ3) is 6.57. The molecule has 0 spiro atoms. The smallest absolute Gasteiger partial charge is 0.243 e. The van der Waals surface area contributed by atoms with Gasteiger partial charge in [0.15, 0.2) is 0 Å². The van der Waals surface area contributed by atoms with E-state index in [9.17, 15) is 8.42 Å². The Balaban J connectivity index is 1.44. The van der Waals surface area contributed by atoms with Crippen molar-refractivity contribution in [2.45, 2.75) is 17.6 Å². The minimum atomic E-state index is -3.59. The maximum atomic E-state index is 13.2. The topological polar surface area (TPSA) is 68.3 Å². The highest BCUT2D eigenvalue weighted by molar-refractivity contribution is 7.89. The Morgan fingerprint density at radius 3 is 2.22 bits per heavy atom. The van der Waals surface area contributed by atoms with Gasteiger partial charge in [-0.3, -0.25) is 4.90 Å². The molecule has 1 heterocycles. The average Bonchev–Trinajstić information content (AvgIpc) is 2.91. The second-order valence-electron chi connectivity index (χ2n) is 8.59. The zero-order chi connectivity index (χ0) is 25.5. The summed E-state index contributed by atoms with van der Waals surface area (Å²) in [7, 11) is -0.424. The van der Waals surface area contributed by atoms with E-state index in [0.717, 1.165) is 16.9 Å². The highest BCUT2D eigenvalue weighted by Gasteiger charge is 2.30. The van der Waals surface area contributed by atoms with Crippen molar-refractivity contribution in [2.75, 3.05) is 46.9 Å². The molecular formula is C27H31ClN2O5S. The third-order valence-electron chi connectivity index (χ3n) is 6.24. The van der Waals surface area contributed by atoms with Crippen molar-refractivity contribution in [2.24, 2.45) is 0 Å². The molecule has 3 aromatic rings. The lowest BCUT2D eigenvalue weighted by Gasteiger charge is -2.36. The lowest BCUT2D eigenvalue weighted by Crippen LogP contribution is -2.49. The molecule has 0 unspecified atom stereocenters. The number of benzene rings is 3. The quantitative estimate of drug-likeness (QED) is 0.381. The number of sulfonamides is 1. The Labute approximate surface area is 218 Å². The number of methoxy groups -OCH3 is 2. The van der Waals surface area contributed by atoms with E-state index in [-0.39, 0.29) is 11.0 Å². The highest BCUT2D eigenvalue weighted by Crippen LogP contribution is 2.27. The van der Waals surface area contributed by atoms with E-state index >= 15 is 0 Å². The lowest BCUT2D eigenvalue weighted by molar-refractivity contribution is 0.00763. The molecule has 9 heteroatoms. The molecule has 4 rings (SSSR count). The maximum Gasteiger partial charge on any atom is 0.243 e. The van der Waals surface area contributed by atoms with Crippen LogP contribution in [0.2, 0.25) is 5.02 Å². The minimum absolute atomic E-state index is 0.222. The van der Waals surface area contributed by atoms with Crippen LogP contribution in [0.4, 0.5) is 0 Å². The largest absolute Gasteiger partial charge is 0.497 e. The van der Waals surface area contributed by atoms with Crippen LogP contribution in [0.25, 0.3) is 0 Å². The van der Waals surface area contributed by atoms with Crippen molar-refractivity contribution in [3.05, 3.63) is 88.9 Å². The summed E-state index contributed by atoms with van der Waals surface area (Å²) in [4.78, 5) is 2.48. The van der Waals surface area contributed by atoms with Gasteiger partial charge in [0.2, 0.25) is 10.0 Å². The Hall–Kier alpha value is -2.62. The van der Waals surface area contributed by atoms with Crippen molar-refractivity contribution in [1.82, 2.24) is 9.21 Å². The van der Waals surface area contributed by atoms with Crippen LogP contribution in [0.15, 0.2) is 77.7 Å². The monoisotopic (exact) mass is 530 g/mol. The fourth-order valence-corrected chi connectivity index (χ4v) is 5.89. The Morgan fingerprint density at radius 1 is 0.861 bits per heavy atom. The van der Waals surface area contributed by atoms with Gasteiger partial charge < -0.3 is 14.2 Å². The summed E-state index contributed by atoms with van der Waals surface area (Å²) < 4.78 is 44.8. The van der Waals surface area contributed by atoms with E-state index in [4.69, 9.17) is 25.8 Å². The molecule has 7 nitrogen and oxygen atoms in total. The molecule has 0 aromatic heterocycles. The number of rotatable bonds is 10. The molecular weight excluding hydrogens is 500 g/mol. The van der Waals surface area contributed by atoms with Crippen LogP contribution in [-0.4, -0.2) is 64.6 Å². The second kappa shape index (κ2) is 12.1. The van der Waals surface area contributed by atoms with Gasteiger partial charge >= 0.3 is 0 Å². The summed E-state index contributed by atoms with van der Waals surface area (Å²) >= 11 is 6.14. The van der Waals surface area contributed by atoms with Gasteiger partial charge in [-0.2, -0.15) is 4.31 Å². The third-order valence-corrected chi connectivity index (χ3v) is 8.37. The predicted molar refractivity (Wildman–Crippen MR) is 140 cm³/mol. The van der Waals surface area contributed by atoms with Crippen LogP contribution in [-0.2, 0) is 21.4 Å². The Kier molecular flexibility index (Phi) is 8.87. The summed E-state index contributed by atoms with van der Waals surface area (Å²) in [5.41, 5.74) is 1.99. The second-order valence-corrected chi connectivity index (χ2v) is 11.0. The van der Waals surface area contributed by atoms with Crippen molar-refractivity contribution < 1.29 is 22.6 Å². The van der Waals surface area contributed by atoms with E-state index in [0.29, 0.717) is 50.1 Å². The number of hydrogen-bond donors (Lipinski definition) is 0. The predicted octanol–water partition coefficient (Wildman–Crippen LogP) is 4.62. The zero-order valence-electron chi connectivity index (χ0n) is 20.5. The molecule has 1 saturated heterocycles. The first-order valence-corrected chi connectivity index (χ1v) is 13.6. The van der Waals surface area contributed by atoms with Gasteiger partial charge in [0.05, 0.1) is 31.8 Å². The number of piperazine rings is 1. The molecule has 0 N–H and O–H groups in total. The SMILES string of the molecule is COc1cccc([C@H](CN2CCN(S(=O)(=O)c3cccc(OC)c3)CC2)OCc2cccc(Cl)c2)c1. The van der Waals surface area contributed by atoms with E-state index in [1.807, 2.05) is 48.5 Å². The number of hydrogen-bond acceptors (Lipinski definition) is 6. The Morgan fingerprint density at radius 2 is 1.53 bits per heavy atom. The van der Waals surface area contributed by atoms with Crippen LogP contribution in [0.5, 0.6) is 11.5 Å². The summed E-state index contributed by atoms with van der Waals surface area (Å²) in [5, 5.41) is 0.669. The van der Waals surface area contributed by atoms with Crippen molar-refractivity contribution in [3.63, 3.8) is 0 Å². The van der Waals surface area contributed by atoms with Crippen molar-refractivity contribution in [3.8, 4) is 11.5 Å². The summed E-state index contributed by atoms with van der Waals surface area (Å²) in [5.74, 6) is 1.28. The van der Waals surface area contributed by atoms with E-state index in [1.54, 1.807) is 31.4 Å². The molecule has 1 atom stereocenters. The highest BCUT2D eigenvalue weighted by atomic mass is 35.5. The van der Waals surface area contributed by atoms with Crippen molar-refractivity contribution >= 4 is 21.6 Å². The van der Waals surface area contributed by atoms with Gasteiger partial charge in [0.25, 0.3) is 0 Å². The van der Waals surface area contributed by atoms with Gasteiger partial charge in [-0.05, 0) is 47.5 Å². The molecule has 0 saturated carbocycles. The van der Waals surface area contributed by atoms with Gasteiger partial charge in [0, 0.05) is 43.8 Å². The van der Waals surface area contributed by atoms with Gasteiger partial charge in [-0.15, -0.1) is 0 Å². The molecule has 36 heavy (non-hydrogen) atoms. The number of halogens is 1. The summed E-state index contributed by atoms with van der Waals surface area (Å²) in [6, 6.07) is 22.1. The molecule has 1 fully saturated rings. The zero-order valence-corrected chi connectivity index (χ0v) is 22.0. The number of nitrogens with zero attached hydrogens (tertiary/aromatic N) is 2. The first-order chi connectivity index (χ1) is 17.4. The normalized spacial score (nSPS) is 16.0. The van der Waals surface area contributed by atoms with Crippen molar-refractivity contribution in [1.29, 1.82) is 0 Å². The van der Waals surface area contributed by atoms with Crippen LogP contribution in [0, 0.1) is 0 Å². The standard InChI is InChI=1S/C27H31ClN2O5S/c1-33-24-9-4-7-22(17-24)27(35-20-21-6-3-8-23(28)16-21)19-29-12-14-30(15-13-29)36(31,32)26-11-5-10-25(18-26)34-2/h3-11,16-18,27H,12-15,19-20H2,1-2H3/t27-/m0/s1. The first kappa shape index (κ1) is 26.4. The molecule has 1 aliphatic rings.